The van der Waals surface area contributed by atoms with Crippen LogP contribution in [0.15, 0.2) is 0 Å². The van der Waals surface area contributed by atoms with Gasteiger partial charge in [0.05, 0.1) is 10.8 Å². The molecule has 0 nitrogen and oxygen atoms in total. The van der Waals surface area contributed by atoms with Crippen LogP contribution in [-0.4, -0.2) is 18.0 Å². The number of halogens is 4. The van der Waals surface area contributed by atoms with Crippen LogP contribution in [-0.2, 0) is 9.93 Å². The molecule has 0 radical (unpaired) electrons. The summed E-state index contributed by atoms with van der Waals surface area (Å²) in [5, 5.41) is 0. The standard InChI is InChI=1S/C3H6F3S2.FH/c1-7-8(2)3(4,5)6;/h1-2H3;1H/q+1;/p-1. The van der Waals surface area contributed by atoms with Crippen molar-refractivity contribution in [2.75, 3.05) is 12.5 Å². The lowest BCUT2D eigenvalue weighted by Gasteiger charge is -1.98. The van der Waals surface area contributed by atoms with Crippen molar-refractivity contribution in [2.24, 2.45) is 0 Å². The zero-order valence-electron chi connectivity index (χ0n) is 4.83. The number of hydrogen-bond acceptors (Lipinski definition) is 1. The van der Waals surface area contributed by atoms with Gasteiger partial charge in [-0.3, -0.25) is 0 Å². The average Bonchev–Trinajstić information content (AvgIpc) is 1.62. The molecule has 0 N–H and O–H groups in total. The summed E-state index contributed by atoms with van der Waals surface area (Å²) in [7, 11) is -0.643. The maximum atomic E-state index is 11.4. The quantitative estimate of drug-likeness (QED) is 0.286. The number of alkyl halides is 3. The molecule has 0 rings (SSSR count). The van der Waals surface area contributed by atoms with Crippen molar-refractivity contribution in [3.05, 3.63) is 0 Å². The summed E-state index contributed by atoms with van der Waals surface area (Å²) in [6, 6.07) is 0. The van der Waals surface area contributed by atoms with E-state index in [1.54, 1.807) is 0 Å². The van der Waals surface area contributed by atoms with Gasteiger partial charge in [-0.25, -0.2) is 0 Å². The van der Waals surface area contributed by atoms with Crippen molar-refractivity contribution >= 4 is 20.7 Å². The molecule has 58 valence electrons. The average molecular weight is 182 g/mol. The topological polar surface area (TPSA) is 0 Å². The summed E-state index contributed by atoms with van der Waals surface area (Å²) < 4.78 is 34.3. The Balaban J connectivity index is 0. The molecule has 6 heteroatoms. The van der Waals surface area contributed by atoms with Crippen molar-refractivity contribution < 1.29 is 17.9 Å². The van der Waals surface area contributed by atoms with Crippen LogP contribution in [0.25, 0.3) is 0 Å². The predicted octanol–water partition coefficient (Wildman–Crippen LogP) is -0.964. The first-order chi connectivity index (χ1) is 3.48. The Morgan fingerprint density at radius 2 is 1.67 bits per heavy atom. The van der Waals surface area contributed by atoms with Crippen LogP contribution in [0.1, 0.15) is 0 Å². The van der Waals surface area contributed by atoms with Crippen molar-refractivity contribution in [1.82, 2.24) is 0 Å². The van der Waals surface area contributed by atoms with E-state index in [1.807, 2.05) is 0 Å². The van der Waals surface area contributed by atoms with Gasteiger partial charge in [-0.1, -0.05) is 0 Å². The highest BCUT2D eigenvalue weighted by atomic mass is 33.1. The summed E-state index contributed by atoms with van der Waals surface area (Å²) in [5.74, 6) is 0. The molecule has 9 heavy (non-hydrogen) atoms. The molecular weight excluding hydrogens is 176 g/mol. The first kappa shape index (κ1) is 12.1. The molecule has 0 aromatic carbocycles. The van der Waals surface area contributed by atoms with Crippen LogP contribution in [0.2, 0.25) is 0 Å². The Bertz CT molecular complexity index is 70.7. The summed E-state index contributed by atoms with van der Waals surface area (Å²) in [5.41, 5.74) is -4.00. The van der Waals surface area contributed by atoms with Crippen molar-refractivity contribution in [1.29, 1.82) is 0 Å². The van der Waals surface area contributed by atoms with E-state index in [4.69, 9.17) is 0 Å². The van der Waals surface area contributed by atoms with E-state index < -0.39 is 15.4 Å². The second-order valence-corrected chi connectivity index (χ2v) is 5.27. The third kappa shape index (κ3) is 4.90. The van der Waals surface area contributed by atoms with Crippen LogP contribution in [0.3, 0.4) is 0 Å². The third-order valence-corrected chi connectivity index (χ3v) is 3.79. The fraction of sp³-hybridized carbons (Fsp3) is 1.00. The van der Waals surface area contributed by atoms with Crippen LogP contribution < -0.4 is 4.70 Å². The summed E-state index contributed by atoms with van der Waals surface area (Å²) in [6.07, 6.45) is 2.63. The van der Waals surface area contributed by atoms with E-state index in [0.29, 0.717) is 0 Å². The molecule has 0 aromatic rings. The lowest BCUT2D eigenvalue weighted by Crippen LogP contribution is -3.00. The lowest BCUT2D eigenvalue weighted by molar-refractivity contribution is -0.0345. The fourth-order valence-corrected chi connectivity index (χ4v) is 0.850. The Labute approximate surface area is 57.3 Å². The predicted molar refractivity (Wildman–Crippen MR) is 32.9 cm³/mol. The molecule has 0 saturated carbocycles. The molecule has 0 aromatic heterocycles. The maximum absolute atomic E-state index is 11.4. The monoisotopic (exact) mass is 182 g/mol. The van der Waals surface area contributed by atoms with Crippen LogP contribution >= 0.6 is 10.8 Å². The number of rotatable bonds is 1. The molecule has 0 aliphatic heterocycles. The SMILES string of the molecule is CS[S+](C)C(F)(F)F.[F-]. The third-order valence-electron chi connectivity index (χ3n) is 0.576. The van der Waals surface area contributed by atoms with Gasteiger partial charge in [0, 0.05) is 6.26 Å². The first-order valence-corrected chi connectivity index (χ1v) is 5.13. The van der Waals surface area contributed by atoms with Crippen LogP contribution in [0.4, 0.5) is 13.2 Å². The highest BCUT2D eigenvalue weighted by Gasteiger charge is 2.47. The Kier molecular flexibility index (Phi) is 5.75. The minimum absolute atomic E-state index is 0. The molecule has 0 saturated heterocycles. The largest absolute Gasteiger partial charge is 1.00 e. The lowest BCUT2D eigenvalue weighted by atomic mass is 11.6. The van der Waals surface area contributed by atoms with Crippen molar-refractivity contribution in [3.63, 3.8) is 0 Å². The highest BCUT2D eigenvalue weighted by molar-refractivity contribution is 8.74. The second kappa shape index (κ2) is 4.27. The summed E-state index contributed by atoms with van der Waals surface area (Å²) in [4.78, 5) is 0. The van der Waals surface area contributed by atoms with Gasteiger partial charge in [0.15, 0.2) is 9.93 Å². The van der Waals surface area contributed by atoms with Gasteiger partial charge in [0.1, 0.15) is 6.26 Å². The minimum atomic E-state index is -4.00. The maximum Gasteiger partial charge on any atom is 0.587 e. The molecule has 0 heterocycles. The summed E-state index contributed by atoms with van der Waals surface area (Å²) in [6.45, 7) is 0. The zero-order chi connectivity index (χ0) is 6.78. The van der Waals surface area contributed by atoms with Crippen LogP contribution in [0.5, 0.6) is 0 Å². The Morgan fingerprint density at radius 1 is 1.33 bits per heavy atom. The molecule has 0 fully saturated rings. The van der Waals surface area contributed by atoms with Crippen molar-refractivity contribution in [2.45, 2.75) is 5.51 Å². The van der Waals surface area contributed by atoms with Crippen LogP contribution in [0, 0.1) is 0 Å². The van der Waals surface area contributed by atoms with E-state index in [1.165, 1.54) is 12.5 Å². The van der Waals surface area contributed by atoms with Gasteiger partial charge in [-0.15, -0.1) is 13.2 Å². The molecule has 0 aliphatic rings. The van der Waals surface area contributed by atoms with Gasteiger partial charge in [0.2, 0.25) is 0 Å². The Morgan fingerprint density at radius 3 is 1.67 bits per heavy atom. The zero-order valence-corrected chi connectivity index (χ0v) is 6.46. The van der Waals surface area contributed by atoms with Gasteiger partial charge in [-0.2, -0.15) is 0 Å². The van der Waals surface area contributed by atoms with E-state index in [2.05, 4.69) is 0 Å². The highest BCUT2D eigenvalue weighted by Crippen LogP contribution is 2.30. The normalized spacial score (nSPS) is 14.3. The molecule has 0 aliphatic carbocycles. The smallest absolute Gasteiger partial charge is 0.587 e. The van der Waals surface area contributed by atoms with Crippen molar-refractivity contribution in [3.8, 4) is 0 Å². The minimum Gasteiger partial charge on any atom is -1.00 e. The second-order valence-electron chi connectivity index (χ2n) is 1.07. The Hall–Kier alpha value is 0.420. The summed E-state index contributed by atoms with van der Waals surface area (Å²) >= 11 is 0. The molecule has 1 atom stereocenters. The van der Waals surface area contributed by atoms with E-state index in [9.17, 15) is 13.2 Å². The van der Waals surface area contributed by atoms with Gasteiger partial charge in [0.25, 0.3) is 0 Å². The van der Waals surface area contributed by atoms with E-state index in [0.717, 1.165) is 10.8 Å². The van der Waals surface area contributed by atoms with E-state index in [-0.39, 0.29) is 4.70 Å². The molecule has 0 spiro atoms. The number of hydrogen-bond donors (Lipinski definition) is 0. The van der Waals surface area contributed by atoms with Gasteiger partial charge >= 0.3 is 5.51 Å². The molecule has 1 unspecified atom stereocenters. The van der Waals surface area contributed by atoms with Gasteiger partial charge < -0.3 is 4.70 Å². The van der Waals surface area contributed by atoms with Gasteiger partial charge in [-0.05, 0) is 0 Å². The molecular formula is C3H6F4S2. The molecule has 0 bridgehead atoms. The first-order valence-electron chi connectivity index (χ1n) is 1.75. The van der Waals surface area contributed by atoms with E-state index >= 15 is 0 Å². The molecule has 0 amide bonds. The fourth-order valence-electron chi connectivity index (χ4n) is 0.0945.